The second kappa shape index (κ2) is 4.79. The summed E-state index contributed by atoms with van der Waals surface area (Å²) in [5, 5.41) is 10.6. The van der Waals surface area contributed by atoms with Crippen LogP contribution in [0.5, 0.6) is 11.5 Å². The highest BCUT2D eigenvalue weighted by molar-refractivity contribution is 5.41. The quantitative estimate of drug-likeness (QED) is 0.617. The van der Waals surface area contributed by atoms with Crippen LogP contribution in [0.3, 0.4) is 0 Å². The lowest BCUT2D eigenvalue weighted by Gasteiger charge is -2.07. The second-order valence-electron chi connectivity index (χ2n) is 3.59. The summed E-state index contributed by atoms with van der Waals surface area (Å²) in [6.07, 6.45) is 1.59. The molecule has 92 valence electrons. The highest BCUT2D eigenvalue weighted by Crippen LogP contribution is 2.27. The molecule has 2 rings (SSSR count). The zero-order chi connectivity index (χ0) is 13.1. The van der Waals surface area contributed by atoms with Crippen molar-refractivity contribution >= 4 is 5.69 Å². The summed E-state index contributed by atoms with van der Waals surface area (Å²) in [4.78, 5) is 13.9. The normalized spacial score (nSPS) is 10.1. The van der Waals surface area contributed by atoms with Gasteiger partial charge in [0.25, 0.3) is 5.69 Å². The third-order valence-corrected chi connectivity index (χ3v) is 2.25. The van der Waals surface area contributed by atoms with Crippen molar-refractivity contribution < 1.29 is 14.1 Å². The number of ether oxygens (including phenoxy) is 1. The van der Waals surface area contributed by atoms with Crippen LogP contribution in [0.4, 0.5) is 10.1 Å². The minimum Gasteiger partial charge on any atom is -0.455 e. The number of nitro groups is 1. The van der Waals surface area contributed by atoms with E-state index in [0.717, 1.165) is 18.2 Å². The number of hydrogen-bond acceptors (Lipinski definition) is 4. The third kappa shape index (κ3) is 2.60. The minimum atomic E-state index is -0.722. The van der Waals surface area contributed by atoms with Crippen LogP contribution in [0.1, 0.15) is 5.69 Å². The number of nitrogens with zero attached hydrogens (tertiary/aromatic N) is 2. The molecule has 1 aromatic heterocycles. The Morgan fingerprint density at radius 2 is 2.17 bits per heavy atom. The maximum Gasteiger partial charge on any atom is 0.276 e. The number of aromatic nitrogens is 1. The van der Waals surface area contributed by atoms with Gasteiger partial charge in [-0.3, -0.25) is 15.1 Å². The predicted octanol–water partition coefficient (Wildman–Crippen LogP) is 3.23. The summed E-state index contributed by atoms with van der Waals surface area (Å²) in [6.45, 7) is 1.73. The van der Waals surface area contributed by atoms with Crippen molar-refractivity contribution in [1.29, 1.82) is 0 Å². The van der Waals surface area contributed by atoms with Crippen LogP contribution in [0.2, 0.25) is 0 Å². The molecule has 0 spiro atoms. The Hall–Kier alpha value is -2.50. The molecule has 0 saturated heterocycles. The number of benzene rings is 1. The van der Waals surface area contributed by atoms with E-state index >= 15 is 0 Å². The van der Waals surface area contributed by atoms with Gasteiger partial charge >= 0.3 is 0 Å². The summed E-state index contributed by atoms with van der Waals surface area (Å²) in [6, 6.07) is 6.40. The summed E-state index contributed by atoms with van der Waals surface area (Å²) < 4.78 is 18.6. The van der Waals surface area contributed by atoms with Gasteiger partial charge in [-0.25, -0.2) is 4.39 Å². The van der Waals surface area contributed by atoms with E-state index in [1.54, 1.807) is 25.3 Å². The van der Waals surface area contributed by atoms with Crippen molar-refractivity contribution in [2.75, 3.05) is 0 Å². The van der Waals surface area contributed by atoms with Crippen molar-refractivity contribution in [2.45, 2.75) is 6.92 Å². The van der Waals surface area contributed by atoms with E-state index in [0.29, 0.717) is 11.4 Å². The molecule has 18 heavy (non-hydrogen) atoms. The highest BCUT2D eigenvalue weighted by Gasteiger charge is 2.11. The Kier molecular flexibility index (Phi) is 3.18. The van der Waals surface area contributed by atoms with Gasteiger partial charge in [-0.2, -0.15) is 0 Å². The van der Waals surface area contributed by atoms with Gasteiger partial charge in [0.05, 0.1) is 22.7 Å². The highest BCUT2D eigenvalue weighted by atomic mass is 19.1. The standard InChI is InChI=1S/C12H9FN2O3/c1-8-12(3-2-4-14-8)18-11-6-9(13)5-10(7-11)15(16)17/h2-7H,1H3. The minimum absolute atomic E-state index is 0.0674. The second-order valence-corrected chi connectivity index (χ2v) is 3.59. The van der Waals surface area contributed by atoms with Crippen LogP contribution in [-0.4, -0.2) is 9.91 Å². The molecule has 0 atom stereocenters. The molecule has 0 fully saturated rings. The predicted molar refractivity (Wildman–Crippen MR) is 62.1 cm³/mol. The Morgan fingerprint density at radius 1 is 1.39 bits per heavy atom. The topological polar surface area (TPSA) is 65.3 Å². The Labute approximate surface area is 102 Å². The monoisotopic (exact) mass is 248 g/mol. The Morgan fingerprint density at radius 3 is 2.83 bits per heavy atom. The molecule has 0 N–H and O–H groups in total. The number of halogens is 1. The summed E-state index contributed by atoms with van der Waals surface area (Å²) >= 11 is 0. The zero-order valence-corrected chi connectivity index (χ0v) is 9.46. The molecule has 0 unspecified atom stereocenters. The third-order valence-electron chi connectivity index (χ3n) is 2.25. The first-order chi connectivity index (χ1) is 8.56. The molecule has 0 saturated carbocycles. The summed E-state index contributed by atoms with van der Waals surface area (Å²) in [7, 11) is 0. The fourth-order valence-electron chi connectivity index (χ4n) is 1.42. The van der Waals surface area contributed by atoms with Gasteiger partial charge in [0, 0.05) is 12.3 Å². The zero-order valence-electron chi connectivity index (χ0n) is 9.46. The molecule has 5 nitrogen and oxygen atoms in total. The molecule has 0 aliphatic carbocycles. The molecule has 6 heteroatoms. The van der Waals surface area contributed by atoms with Crippen LogP contribution < -0.4 is 4.74 Å². The van der Waals surface area contributed by atoms with E-state index in [-0.39, 0.29) is 11.4 Å². The molecule has 1 heterocycles. The first-order valence-electron chi connectivity index (χ1n) is 5.11. The SMILES string of the molecule is Cc1ncccc1Oc1cc(F)cc([N+](=O)[O-])c1. The maximum absolute atomic E-state index is 13.2. The number of pyridine rings is 1. The van der Waals surface area contributed by atoms with Crippen LogP contribution in [0.25, 0.3) is 0 Å². The van der Waals surface area contributed by atoms with Crippen molar-refractivity contribution in [2.24, 2.45) is 0 Å². The van der Waals surface area contributed by atoms with E-state index in [1.165, 1.54) is 0 Å². The van der Waals surface area contributed by atoms with Crippen molar-refractivity contribution in [3.8, 4) is 11.5 Å². The van der Waals surface area contributed by atoms with Gasteiger partial charge in [0.1, 0.15) is 17.3 Å². The number of nitro benzene ring substituents is 1. The van der Waals surface area contributed by atoms with Crippen LogP contribution >= 0.6 is 0 Å². The molecule has 0 radical (unpaired) electrons. The molecule has 0 amide bonds. The van der Waals surface area contributed by atoms with E-state index in [2.05, 4.69) is 4.98 Å². The van der Waals surface area contributed by atoms with Gasteiger partial charge < -0.3 is 4.74 Å². The first-order valence-corrected chi connectivity index (χ1v) is 5.11. The smallest absolute Gasteiger partial charge is 0.276 e. The summed E-state index contributed by atoms with van der Waals surface area (Å²) in [5.41, 5.74) is 0.260. The van der Waals surface area contributed by atoms with Gasteiger partial charge in [0.2, 0.25) is 0 Å². The Balaban J connectivity index is 2.35. The number of non-ortho nitro benzene ring substituents is 1. The molecule has 0 bridgehead atoms. The average Bonchev–Trinajstić information content (AvgIpc) is 2.31. The van der Waals surface area contributed by atoms with Gasteiger partial charge in [-0.1, -0.05) is 0 Å². The number of hydrogen-bond donors (Lipinski definition) is 0. The van der Waals surface area contributed by atoms with E-state index < -0.39 is 10.7 Å². The van der Waals surface area contributed by atoms with E-state index in [1.807, 2.05) is 0 Å². The largest absolute Gasteiger partial charge is 0.455 e. The maximum atomic E-state index is 13.2. The molecular formula is C12H9FN2O3. The molecule has 1 aromatic carbocycles. The van der Waals surface area contributed by atoms with Gasteiger partial charge in [-0.05, 0) is 19.1 Å². The van der Waals surface area contributed by atoms with Crippen LogP contribution in [0.15, 0.2) is 36.5 Å². The average molecular weight is 248 g/mol. The fraction of sp³-hybridized carbons (Fsp3) is 0.0833. The molecule has 2 aromatic rings. The van der Waals surface area contributed by atoms with Crippen molar-refractivity contribution in [1.82, 2.24) is 4.98 Å². The van der Waals surface area contributed by atoms with Gasteiger partial charge in [0.15, 0.2) is 0 Å². The number of aryl methyl sites for hydroxylation is 1. The van der Waals surface area contributed by atoms with Crippen LogP contribution in [0, 0.1) is 22.9 Å². The lowest BCUT2D eigenvalue weighted by molar-refractivity contribution is -0.385. The van der Waals surface area contributed by atoms with Crippen molar-refractivity contribution in [3.05, 3.63) is 58.2 Å². The van der Waals surface area contributed by atoms with Crippen LogP contribution in [-0.2, 0) is 0 Å². The molecule has 0 aliphatic rings. The van der Waals surface area contributed by atoms with Gasteiger partial charge in [-0.15, -0.1) is 0 Å². The molecule has 0 aliphatic heterocycles. The van der Waals surface area contributed by atoms with E-state index in [4.69, 9.17) is 4.74 Å². The Bertz CT molecular complexity index is 602. The lowest BCUT2D eigenvalue weighted by Crippen LogP contribution is -1.93. The van der Waals surface area contributed by atoms with E-state index in [9.17, 15) is 14.5 Å². The molecular weight excluding hydrogens is 239 g/mol. The van der Waals surface area contributed by atoms with Crippen molar-refractivity contribution in [3.63, 3.8) is 0 Å². The lowest BCUT2D eigenvalue weighted by atomic mass is 10.3. The first kappa shape index (κ1) is 12.0. The fourth-order valence-corrected chi connectivity index (χ4v) is 1.42. The summed E-state index contributed by atoms with van der Waals surface area (Å²) in [5.74, 6) is -0.226. The number of rotatable bonds is 3.